The molecule has 1 aromatic rings. The number of rotatable bonds is 3. The van der Waals surface area contributed by atoms with E-state index >= 15 is 0 Å². The zero-order chi connectivity index (χ0) is 11.8. The fraction of sp³-hybridized carbons (Fsp3) is 0.778. The minimum Gasteiger partial charge on any atom is -0.339 e. The molecule has 1 fully saturated rings. The molecule has 0 spiro atoms. The molecule has 2 heterocycles. The van der Waals surface area contributed by atoms with Crippen LogP contribution in [0, 0.1) is 0 Å². The summed E-state index contributed by atoms with van der Waals surface area (Å²) in [6.45, 7) is 1.75. The normalized spacial score (nSPS) is 25.8. The Morgan fingerprint density at radius 1 is 1.62 bits per heavy atom. The third-order valence-electron chi connectivity index (χ3n) is 2.76. The van der Waals surface area contributed by atoms with Crippen molar-refractivity contribution >= 4 is 9.84 Å². The molecule has 0 amide bonds. The average Bonchev–Trinajstić information content (AvgIpc) is 2.75. The molecule has 7 heteroatoms. The summed E-state index contributed by atoms with van der Waals surface area (Å²) in [5.41, 5.74) is 5.59. The first-order chi connectivity index (χ1) is 7.49. The molecule has 0 bridgehead atoms. The van der Waals surface area contributed by atoms with Crippen LogP contribution in [0.4, 0.5) is 0 Å². The van der Waals surface area contributed by atoms with Gasteiger partial charge in [0, 0.05) is 6.42 Å². The molecule has 16 heavy (non-hydrogen) atoms. The fourth-order valence-electron chi connectivity index (χ4n) is 1.82. The summed E-state index contributed by atoms with van der Waals surface area (Å²) in [6.07, 6.45) is 1.71. The van der Waals surface area contributed by atoms with Gasteiger partial charge in [-0.15, -0.1) is 0 Å². The van der Waals surface area contributed by atoms with Gasteiger partial charge in [-0.2, -0.15) is 4.98 Å². The van der Waals surface area contributed by atoms with Gasteiger partial charge in [0.25, 0.3) is 0 Å². The summed E-state index contributed by atoms with van der Waals surface area (Å²) in [7, 11) is -2.96. The van der Waals surface area contributed by atoms with Crippen LogP contribution >= 0.6 is 0 Å². The highest BCUT2D eigenvalue weighted by atomic mass is 32.2. The van der Waals surface area contributed by atoms with Gasteiger partial charge >= 0.3 is 0 Å². The van der Waals surface area contributed by atoms with Crippen LogP contribution in [-0.4, -0.2) is 29.6 Å². The van der Waals surface area contributed by atoms with Crippen molar-refractivity contribution < 1.29 is 12.9 Å². The number of nitrogens with zero attached hydrogens (tertiary/aromatic N) is 2. The molecule has 0 aliphatic carbocycles. The van der Waals surface area contributed by atoms with Gasteiger partial charge in [-0.1, -0.05) is 5.16 Å². The monoisotopic (exact) mass is 245 g/mol. The lowest BCUT2D eigenvalue weighted by Crippen LogP contribution is -2.18. The van der Waals surface area contributed by atoms with E-state index in [1.165, 1.54) is 0 Å². The highest BCUT2D eigenvalue weighted by molar-refractivity contribution is 7.92. The topological polar surface area (TPSA) is 99.1 Å². The second-order valence-corrected chi connectivity index (χ2v) is 6.57. The second kappa shape index (κ2) is 4.14. The van der Waals surface area contributed by atoms with Crippen molar-refractivity contribution in [2.45, 2.75) is 37.5 Å². The minimum absolute atomic E-state index is 0.270. The summed E-state index contributed by atoms with van der Waals surface area (Å²) in [4.78, 5) is 4.07. The Hall–Kier alpha value is -0.950. The van der Waals surface area contributed by atoms with E-state index in [0.29, 0.717) is 24.6 Å². The lowest BCUT2D eigenvalue weighted by molar-refractivity contribution is 0.368. The zero-order valence-electron chi connectivity index (χ0n) is 9.09. The van der Waals surface area contributed by atoms with Gasteiger partial charge in [-0.05, 0) is 19.8 Å². The predicted octanol–water partition coefficient (Wildman–Crippen LogP) is 0.209. The highest BCUT2D eigenvalue weighted by Crippen LogP contribution is 2.23. The van der Waals surface area contributed by atoms with Gasteiger partial charge in [0.2, 0.25) is 5.89 Å². The summed E-state index contributed by atoms with van der Waals surface area (Å²) >= 11 is 0. The van der Waals surface area contributed by atoms with Crippen molar-refractivity contribution in [1.29, 1.82) is 0 Å². The van der Waals surface area contributed by atoms with Crippen LogP contribution in [0.25, 0.3) is 0 Å². The standard InChI is InChI=1S/C9H15N3O3S/c1-6(10)9-11-8(15-12-9)5-7-3-2-4-16(7,13)14/h6-7H,2-5,10H2,1H3. The molecule has 0 radical (unpaired) electrons. The maximum absolute atomic E-state index is 11.6. The van der Waals surface area contributed by atoms with Crippen molar-refractivity contribution in [3.05, 3.63) is 11.7 Å². The molecule has 90 valence electrons. The first-order valence-corrected chi connectivity index (χ1v) is 7.00. The molecule has 1 aliphatic heterocycles. The van der Waals surface area contributed by atoms with Crippen LogP contribution in [0.3, 0.4) is 0 Å². The molecule has 2 N–H and O–H groups in total. The van der Waals surface area contributed by atoms with E-state index < -0.39 is 9.84 Å². The Bertz CT molecular complexity index is 466. The van der Waals surface area contributed by atoms with Crippen molar-refractivity contribution in [2.24, 2.45) is 5.73 Å². The van der Waals surface area contributed by atoms with Gasteiger partial charge in [0.05, 0.1) is 17.0 Å². The van der Waals surface area contributed by atoms with Crippen molar-refractivity contribution in [3.8, 4) is 0 Å². The van der Waals surface area contributed by atoms with Crippen LogP contribution in [0.1, 0.15) is 37.5 Å². The Labute approximate surface area is 94.1 Å². The third kappa shape index (κ3) is 2.25. The molecule has 0 saturated carbocycles. The maximum atomic E-state index is 11.6. The number of hydrogen-bond acceptors (Lipinski definition) is 6. The summed E-state index contributed by atoms with van der Waals surface area (Å²) in [5, 5.41) is 3.33. The zero-order valence-corrected chi connectivity index (χ0v) is 9.90. The van der Waals surface area contributed by atoms with E-state index in [0.717, 1.165) is 6.42 Å². The number of sulfone groups is 1. The van der Waals surface area contributed by atoms with E-state index in [2.05, 4.69) is 10.1 Å². The molecule has 1 saturated heterocycles. The molecule has 2 atom stereocenters. The molecule has 2 rings (SSSR count). The summed E-state index contributed by atoms with van der Waals surface area (Å²) < 4.78 is 28.2. The lowest BCUT2D eigenvalue weighted by atomic mass is 10.2. The van der Waals surface area contributed by atoms with Gasteiger partial charge in [-0.25, -0.2) is 8.42 Å². The first kappa shape index (κ1) is 11.5. The minimum atomic E-state index is -2.96. The first-order valence-electron chi connectivity index (χ1n) is 5.28. The second-order valence-electron chi connectivity index (χ2n) is 4.17. The maximum Gasteiger partial charge on any atom is 0.228 e. The van der Waals surface area contributed by atoms with Crippen LogP contribution in [-0.2, 0) is 16.3 Å². The average molecular weight is 245 g/mol. The largest absolute Gasteiger partial charge is 0.339 e. The Balaban J connectivity index is 2.09. The molecular weight excluding hydrogens is 230 g/mol. The smallest absolute Gasteiger partial charge is 0.228 e. The SMILES string of the molecule is CC(N)c1noc(CC2CCCS2(=O)=O)n1. The van der Waals surface area contributed by atoms with Crippen LogP contribution in [0.15, 0.2) is 4.52 Å². The third-order valence-corrected chi connectivity index (χ3v) is 5.03. The van der Waals surface area contributed by atoms with E-state index in [1.807, 2.05) is 0 Å². The number of aromatic nitrogens is 2. The molecule has 1 aliphatic rings. The Morgan fingerprint density at radius 2 is 2.38 bits per heavy atom. The molecule has 2 unspecified atom stereocenters. The predicted molar refractivity (Wildman–Crippen MR) is 57.4 cm³/mol. The van der Waals surface area contributed by atoms with Gasteiger partial charge in [-0.3, -0.25) is 0 Å². The molecule has 0 aromatic carbocycles. The van der Waals surface area contributed by atoms with Crippen molar-refractivity contribution in [1.82, 2.24) is 10.1 Å². The van der Waals surface area contributed by atoms with Crippen LogP contribution < -0.4 is 5.73 Å². The Kier molecular flexibility index (Phi) is 2.98. The number of nitrogens with two attached hydrogens (primary N) is 1. The quantitative estimate of drug-likeness (QED) is 0.817. The Morgan fingerprint density at radius 3 is 2.88 bits per heavy atom. The van der Waals surface area contributed by atoms with Gasteiger partial charge < -0.3 is 10.3 Å². The van der Waals surface area contributed by atoms with E-state index in [1.54, 1.807) is 6.92 Å². The van der Waals surface area contributed by atoms with E-state index in [-0.39, 0.29) is 17.0 Å². The van der Waals surface area contributed by atoms with Gasteiger partial charge in [0.15, 0.2) is 15.7 Å². The lowest BCUT2D eigenvalue weighted by Gasteiger charge is -2.04. The molecule has 6 nitrogen and oxygen atoms in total. The number of hydrogen-bond donors (Lipinski definition) is 1. The summed E-state index contributed by atoms with van der Waals surface area (Å²) in [5.74, 6) is 1.06. The van der Waals surface area contributed by atoms with Crippen LogP contribution in [0.2, 0.25) is 0 Å². The molecule has 1 aromatic heterocycles. The highest BCUT2D eigenvalue weighted by Gasteiger charge is 2.32. The van der Waals surface area contributed by atoms with Gasteiger partial charge in [0.1, 0.15) is 0 Å². The molecular formula is C9H15N3O3S. The van der Waals surface area contributed by atoms with Crippen LogP contribution in [0.5, 0.6) is 0 Å². The summed E-state index contributed by atoms with van der Waals surface area (Å²) in [6, 6.07) is -0.294. The fourth-order valence-corrected chi connectivity index (χ4v) is 3.64. The van der Waals surface area contributed by atoms with Crippen molar-refractivity contribution in [2.75, 3.05) is 5.75 Å². The van der Waals surface area contributed by atoms with E-state index in [4.69, 9.17) is 10.3 Å². The van der Waals surface area contributed by atoms with Crippen molar-refractivity contribution in [3.63, 3.8) is 0 Å². The van der Waals surface area contributed by atoms with E-state index in [9.17, 15) is 8.42 Å².